The quantitative estimate of drug-likeness (QED) is 0.0656. The van der Waals surface area contributed by atoms with E-state index in [1.54, 1.807) is 10.9 Å². The first-order valence-corrected chi connectivity index (χ1v) is 33.9. The fourth-order valence-corrected chi connectivity index (χ4v) is 11.9. The number of hydrogen-bond donors (Lipinski definition) is 0. The van der Waals surface area contributed by atoms with E-state index in [2.05, 4.69) is 307 Å². The van der Waals surface area contributed by atoms with Crippen LogP contribution in [-0.4, -0.2) is 17.9 Å². The standard InChI is InChI=1S/C69H92N2Si.C9H7N2.Ir/c1-63(2,3)45-33-46(64(4,5)6)37-52(36-45)70(53-38-47(65(7,8)9)34-48(39-53)66(10,11)12)61-57-29-25-27-31-59(57)62(60-32-28-26-30-58(60)61)71(54-40-49(67(13,14)15)35-50(41-54)68(16,17)18)55-42-51(69(19,20)21)43-56(44-55)72(22,23)24;1-2-5-9(6-3-1)11-8-4-7-10-11;/h25-44H,1-24H3;1-5,7-8H;/q;-1;. The maximum atomic E-state index is 4.07. The molecule has 84 heavy (non-hydrogen) atoms. The molecule has 1 aromatic heterocycles. The molecule has 9 rings (SSSR count). The summed E-state index contributed by atoms with van der Waals surface area (Å²) in [6, 6.07) is 61.2. The van der Waals surface area contributed by atoms with E-state index in [0.717, 1.165) is 5.69 Å². The van der Waals surface area contributed by atoms with Crippen LogP contribution >= 0.6 is 0 Å². The van der Waals surface area contributed by atoms with E-state index in [1.165, 1.54) is 99.8 Å². The van der Waals surface area contributed by atoms with Crippen molar-refractivity contribution in [2.24, 2.45) is 0 Å². The second-order valence-corrected chi connectivity index (χ2v) is 36.8. The van der Waals surface area contributed by atoms with Crippen molar-refractivity contribution in [2.45, 2.75) is 203 Å². The summed E-state index contributed by atoms with van der Waals surface area (Å²) in [5.74, 6) is 0. The summed E-state index contributed by atoms with van der Waals surface area (Å²) in [7, 11) is -1.82. The van der Waals surface area contributed by atoms with E-state index in [0.29, 0.717) is 0 Å². The van der Waals surface area contributed by atoms with Crippen LogP contribution in [-0.2, 0) is 58.0 Å². The van der Waals surface area contributed by atoms with Crippen LogP contribution in [0.25, 0.3) is 27.2 Å². The summed E-state index contributed by atoms with van der Waals surface area (Å²) < 4.78 is 1.78. The molecule has 1 heterocycles. The summed E-state index contributed by atoms with van der Waals surface area (Å²) >= 11 is 0. The molecule has 9 aromatic rings. The van der Waals surface area contributed by atoms with Gasteiger partial charge in [-0.3, -0.25) is 4.68 Å². The summed E-state index contributed by atoms with van der Waals surface area (Å²) in [5.41, 5.74) is 17.0. The van der Waals surface area contributed by atoms with Gasteiger partial charge in [-0.1, -0.05) is 243 Å². The van der Waals surface area contributed by atoms with Crippen LogP contribution in [0.5, 0.6) is 0 Å². The summed E-state index contributed by atoms with van der Waals surface area (Å²) in [6.07, 6.45) is 3.65. The third-order valence-electron chi connectivity index (χ3n) is 16.4. The first-order chi connectivity index (χ1) is 38.2. The van der Waals surface area contributed by atoms with Crippen molar-refractivity contribution >= 4 is 68.9 Å². The molecule has 0 fully saturated rings. The van der Waals surface area contributed by atoms with E-state index < -0.39 is 8.07 Å². The van der Waals surface area contributed by atoms with Gasteiger partial charge in [-0.2, -0.15) is 29.4 Å². The number of nitrogens with zero attached hydrogens (tertiary/aromatic N) is 4. The molecule has 0 atom stereocenters. The molecule has 0 unspecified atom stereocenters. The predicted octanol–water partition coefficient (Wildman–Crippen LogP) is 22.2. The summed E-state index contributed by atoms with van der Waals surface area (Å²) in [5, 5.41) is 10.4. The summed E-state index contributed by atoms with van der Waals surface area (Å²) in [6.45, 7) is 57.1. The zero-order valence-corrected chi connectivity index (χ0v) is 59.1. The molecule has 1 radical (unpaired) electrons. The zero-order chi connectivity index (χ0) is 61.2. The maximum Gasteiger partial charge on any atom is 0.0777 e. The monoisotopic (exact) mass is 1310 g/mol. The Morgan fingerprint density at radius 3 is 0.893 bits per heavy atom. The van der Waals surface area contributed by atoms with Gasteiger partial charge < -0.3 is 9.80 Å². The fourth-order valence-electron chi connectivity index (χ4n) is 10.7. The van der Waals surface area contributed by atoms with Crippen molar-refractivity contribution in [3.63, 3.8) is 0 Å². The SMILES string of the molecule is CC(C)(C)c1cc(N(c2cc(C(C)(C)C)cc(C(C)(C)C)c2)c2c3ccccc3c(N(c3cc(C(C)(C)C)cc(C(C)(C)C)c3)c3cc(C(C)(C)C)cc([Si](C)(C)C)c3)c3ccccc23)cc(C(C)(C)C)c1.[Ir].[c-]1ccccc1-n1cccn1. The minimum absolute atomic E-state index is 0. The minimum Gasteiger partial charge on any atom is -0.309 e. The molecule has 8 aromatic carbocycles. The van der Waals surface area contributed by atoms with Crippen molar-refractivity contribution < 1.29 is 20.1 Å². The number of aromatic nitrogens is 2. The van der Waals surface area contributed by atoms with Crippen LogP contribution in [0, 0.1) is 6.07 Å². The molecule has 445 valence electrons. The second kappa shape index (κ2) is 23.7. The van der Waals surface area contributed by atoms with E-state index in [1.807, 2.05) is 36.5 Å². The van der Waals surface area contributed by atoms with Crippen molar-refractivity contribution in [1.29, 1.82) is 0 Å². The molecule has 0 bridgehead atoms. The van der Waals surface area contributed by atoms with Crippen LogP contribution in [0.4, 0.5) is 34.1 Å². The first-order valence-electron chi connectivity index (χ1n) is 30.4. The molecule has 0 saturated heterocycles. The Bertz CT molecular complexity index is 3200. The van der Waals surface area contributed by atoms with Gasteiger partial charge in [-0.15, -0.1) is 6.07 Å². The van der Waals surface area contributed by atoms with E-state index in [9.17, 15) is 0 Å². The molecule has 0 saturated carbocycles. The molecule has 0 spiro atoms. The van der Waals surface area contributed by atoms with Crippen LogP contribution < -0.4 is 15.0 Å². The number of rotatable bonds is 8. The molecule has 0 amide bonds. The third kappa shape index (κ3) is 14.6. The van der Waals surface area contributed by atoms with Crippen molar-refractivity contribution in [2.75, 3.05) is 9.80 Å². The van der Waals surface area contributed by atoms with Gasteiger partial charge in [0.15, 0.2) is 0 Å². The van der Waals surface area contributed by atoms with Crippen LogP contribution in [0.1, 0.15) is 184 Å². The topological polar surface area (TPSA) is 24.3 Å². The van der Waals surface area contributed by atoms with Crippen LogP contribution in [0.2, 0.25) is 19.6 Å². The van der Waals surface area contributed by atoms with E-state index in [4.69, 9.17) is 0 Å². The van der Waals surface area contributed by atoms with Gasteiger partial charge in [-0.05, 0) is 137 Å². The maximum absolute atomic E-state index is 4.07. The molecule has 0 aliphatic rings. The Kier molecular flexibility index (Phi) is 18.5. The van der Waals surface area contributed by atoms with Gasteiger partial charge in [0, 0.05) is 76.8 Å². The largest absolute Gasteiger partial charge is 0.309 e. The molecular formula is C78H99IrN4Si-. The Labute approximate surface area is 522 Å². The Hall–Kier alpha value is -6.04. The van der Waals surface area contributed by atoms with Crippen molar-refractivity contribution in [3.8, 4) is 5.69 Å². The van der Waals surface area contributed by atoms with Gasteiger partial charge in [0.2, 0.25) is 0 Å². The van der Waals surface area contributed by atoms with E-state index in [-0.39, 0.29) is 58.0 Å². The Balaban J connectivity index is 0.000000750. The zero-order valence-electron chi connectivity index (χ0n) is 55.7. The number of para-hydroxylation sites is 1. The molecule has 6 heteroatoms. The third-order valence-corrected chi connectivity index (χ3v) is 18.4. The number of benzene rings is 8. The van der Waals surface area contributed by atoms with E-state index >= 15 is 0 Å². The van der Waals surface area contributed by atoms with Crippen molar-refractivity contribution in [3.05, 3.63) is 209 Å². The summed E-state index contributed by atoms with van der Waals surface area (Å²) in [4.78, 5) is 5.31. The minimum atomic E-state index is -1.82. The number of hydrogen-bond acceptors (Lipinski definition) is 3. The molecule has 0 aliphatic heterocycles. The Morgan fingerprint density at radius 2 is 0.643 bits per heavy atom. The van der Waals surface area contributed by atoms with Gasteiger partial charge in [-0.25, -0.2) is 0 Å². The molecule has 0 aliphatic carbocycles. The number of fused-ring (bicyclic) bond motifs is 2. The molecular weight excluding hydrogens is 1210 g/mol. The van der Waals surface area contributed by atoms with Gasteiger partial charge in [0.05, 0.1) is 19.4 Å². The van der Waals surface area contributed by atoms with Crippen LogP contribution in [0.15, 0.2) is 164 Å². The predicted molar refractivity (Wildman–Crippen MR) is 367 cm³/mol. The molecule has 0 N–H and O–H groups in total. The second-order valence-electron chi connectivity index (χ2n) is 31.7. The molecule has 4 nitrogen and oxygen atoms in total. The average Bonchev–Trinajstić information content (AvgIpc) is 1.18. The fraction of sp³-hybridized carbons (Fsp3) is 0.397. The van der Waals surface area contributed by atoms with Crippen LogP contribution in [0.3, 0.4) is 0 Å². The first kappa shape index (κ1) is 65.5. The Morgan fingerprint density at radius 1 is 0.357 bits per heavy atom. The average molecular weight is 1310 g/mol. The number of anilines is 6. The van der Waals surface area contributed by atoms with Gasteiger partial charge in [0.1, 0.15) is 0 Å². The van der Waals surface area contributed by atoms with Gasteiger partial charge in [0.25, 0.3) is 0 Å². The normalized spacial score (nSPS) is 12.9. The van der Waals surface area contributed by atoms with Gasteiger partial charge >= 0.3 is 0 Å². The van der Waals surface area contributed by atoms with Crippen molar-refractivity contribution in [1.82, 2.24) is 9.78 Å². The smallest absolute Gasteiger partial charge is 0.0777 e.